The highest BCUT2D eigenvalue weighted by molar-refractivity contribution is 6.06. The monoisotopic (exact) mass is 324 g/mol. The van der Waals surface area contributed by atoms with E-state index in [1.807, 2.05) is 6.92 Å². The lowest BCUT2D eigenvalue weighted by Crippen LogP contribution is -2.32. The van der Waals surface area contributed by atoms with E-state index in [9.17, 15) is 4.79 Å². The quantitative estimate of drug-likeness (QED) is 0.494. The Hall–Kier alpha value is -1.29. The first-order chi connectivity index (χ1) is 11.1. The molecular weight excluding hydrogens is 292 g/mol. The molecule has 0 fully saturated rings. The fourth-order valence-electron chi connectivity index (χ4n) is 2.20. The first-order valence-corrected chi connectivity index (χ1v) is 8.96. The predicted octanol–water partition coefficient (Wildman–Crippen LogP) is 4.55. The van der Waals surface area contributed by atoms with Gasteiger partial charge in [-0.05, 0) is 38.3 Å². The summed E-state index contributed by atoms with van der Waals surface area (Å²) in [5, 5.41) is 0. The van der Waals surface area contributed by atoms with Crippen molar-refractivity contribution >= 4 is 5.78 Å². The molecule has 0 aromatic heterocycles. The SMILES string of the molecule is CCCCOC1=CC(C)(OCCCC)C=C(OCCCC)C1=O. The highest BCUT2D eigenvalue weighted by Crippen LogP contribution is 2.28. The predicted molar refractivity (Wildman–Crippen MR) is 92.2 cm³/mol. The van der Waals surface area contributed by atoms with Crippen LogP contribution >= 0.6 is 0 Å². The van der Waals surface area contributed by atoms with Gasteiger partial charge in [-0.1, -0.05) is 40.0 Å². The first-order valence-electron chi connectivity index (χ1n) is 8.96. The van der Waals surface area contributed by atoms with Gasteiger partial charge in [0.15, 0.2) is 11.5 Å². The van der Waals surface area contributed by atoms with Gasteiger partial charge in [-0.2, -0.15) is 0 Å². The van der Waals surface area contributed by atoms with E-state index in [-0.39, 0.29) is 5.78 Å². The zero-order valence-electron chi connectivity index (χ0n) is 15.2. The lowest BCUT2D eigenvalue weighted by Gasteiger charge is -2.29. The van der Waals surface area contributed by atoms with E-state index >= 15 is 0 Å². The van der Waals surface area contributed by atoms with Crippen molar-refractivity contribution in [1.29, 1.82) is 0 Å². The summed E-state index contributed by atoms with van der Waals surface area (Å²) < 4.78 is 17.3. The zero-order valence-corrected chi connectivity index (χ0v) is 15.2. The highest BCUT2D eigenvalue weighted by atomic mass is 16.5. The second-order valence-electron chi connectivity index (χ2n) is 6.14. The van der Waals surface area contributed by atoms with E-state index in [1.165, 1.54) is 0 Å². The molecule has 0 amide bonds. The topological polar surface area (TPSA) is 44.8 Å². The molecule has 4 nitrogen and oxygen atoms in total. The number of ether oxygens (including phenoxy) is 3. The molecule has 0 heterocycles. The molecule has 1 aliphatic carbocycles. The van der Waals surface area contributed by atoms with E-state index in [0.29, 0.717) is 31.3 Å². The maximum absolute atomic E-state index is 12.5. The summed E-state index contributed by atoms with van der Waals surface area (Å²) in [6, 6.07) is 0. The minimum absolute atomic E-state index is 0.172. The Balaban J connectivity index is 2.82. The number of Topliss-reactive ketones (excluding diaryl/α,β-unsaturated/α-hetero) is 1. The molecule has 1 rings (SSSR count). The fourth-order valence-corrected chi connectivity index (χ4v) is 2.20. The van der Waals surface area contributed by atoms with Gasteiger partial charge in [0.1, 0.15) is 5.60 Å². The van der Waals surface area contributed by atoms with Crippen LogP contribution in [0.15, 0.2) is 23.7 Å². The Morgan fingerprint density at radius 2 is 1.26 bits per heavy atom. The van der Waals surface area contributed by atoms with Gasteiger partial charge in [0.05, 0.1) is 13.2 Å². The molecule has 0 saturated carbocycles. The molecule has 1 aliphatic rings. The average Bonchev–Trinajstić information content (AvgIpc) is 2.52. The molecule has 0 aromatic rings. The van der Waals surface area contributed by atoms with Gasteiger partial charge in [0.2, 0.25) is 0 Å². The Labute approximate surface area is 140 Å². The summed E-state index contributed by atoms with van der Waals surface area (Å²) in [7, 11) is 0. The smallest absolute Gasteiger partial charge is 0.261 e. The first kappa shape index (κ1) is 19.8. The number of carbonyl (C=O) groups excluding carboxylic acids is 1. The summed E-state index contributed by atoms with van der Waals surface area (Å²) in [5.41, 5.74) is -0.647. The zero-order chi connectivity index (χ0) is 17.1. The van der Waals surface area contributed by atoms with E-state index in [4.69, 9.17) is 14.2 Å². The van der Waals surface area contributed by atoms with E-state index < -0.39 is 5.60 Å². The summed E-state index contributed by atoms with van der Waals surface area (Å²) in [6.45, 7) is 10.00. The molecule has 0 atom stereocenters. The maximum atomic E-state index is 12.5. The molecule has 0 spiro atoms. The van der Waals surface area contributed by atoms with Gasteiger partial charge in [-0.3, -0.25) is 4.79 Å². The van der Waals surface area contributed by atoms with Crippen molar-refractivity contribution < 1.29 is 19.0 Å². The van der Waals surface area contributed by atoms with Gasteiger partial charge in [0, 0.05) is 6.61 Å². The van der Waals surface area contributed by atoms with Crippen molar-refractivity contribution in [2.75, 3.05) is 19.8 Å². The molecule has 0 bridgehead atoms. The Kier molecular flexibility index (Phi) is 9.00. The minimum atomic E-state index is -0.647. The third-order valence-electron chi connectivity index (χ3n) is 3.70. The molecule has 23 heavy (non-hydrogen) atoms. The van der Waals surface area contributed by atoms with Gasteiger partial charge < -0.3 is 14.2 Å². The van der Waals surface area contributed by atoms with Crippen molar-refractivity contribution in [3.63, 3.8) is 0 Å². The van der Waals surface area contributed by atoms with Gasteiger partial charge in [0.25, 0.3) is 5.78 Å². The molecule has 4 heteroatoms. The highest BCUT2D eigenvalue weighted by Gasteiger charge is 2.33. The number of carbonyl (C=O) groups is 1. The number of ketones is 1. The van der Waals surface area contributed by atoms with E-state index in [1.54, 1.807) is 12.2 Å². The summed E-state index contributed by atoms with van der Waals surface area (Å²) in [6.07, 6.45) is 9.54. The third-order valence-corrected chi connectivity index (χ3v) is 3.70. The Bertz CT molecular complexity index is 393. The number of hydrogen-bond donors (Lipinski definition) is 0. The number of unbranched alkanes of at least 4 members (excludes halogenated alkanes) is 3. The molecular formula is C19H32O4. The van der Waals surface area contributed by atoms with Crippen LogP contribution in [-0.2, 0) is 19.0 Å². The van der Waals surface area contributed by atoms with Crippen LogP contribution in [0.25, 0.3) is 0 Å². The van der Waals surface area contributed by atoms with E-state index in [2.05, 4.69) is 20.8 Å². The molecule has 0 aliphatic heterocycles. The largest absolute Gasteiger partial charge is 0.490 e. The van der Waals surface area contributed by atoms with Crippen molar-refractivity contribution in [3.8, 4) is 0 Å². The number of hydrogen-bond acceptors (Lipinski definition) is 4. The lowest BCUT2D eigenvalue weighted by molar-refractivity contribution is -0.120. The normalized spacial score (nSPS) is 16.8. The molecule has 0 radical (unpaired) electrons. The number of rotatable bonds is 12. The van der Waals surface area contributed by atoms with Crippen LogP contribution in [0, 0.1) is 0 Å². The van der Waals surface area contributed by atoms with Crippen molar-refractivity contribution in [1.82, 2.24) is 0 Å². The second kappa shape index (κ2) is 10.5. The Morgan fingerprint density at radius 3 is 1.70 bits per heavy atom. The maximum Gasteiger partial charge on any atom is 0.261 e. The summed E-state index contributed by atoms with van der Waals surface area (Å²) >= 11 is 0. The average molecular weight is 324 g/mol. The third kappa shape index (κ3) is 6.78. The molecule has 0 aromatic carbocycles. The fraction of sp³-hybridized carbons (Fsp3) is 0.737. The Morgan fingerprint density at radius 1 is 0.826 bits per heavy atom. The van der Waals surface area contributed by atoms with Crippen LogP contribution in [0.5, 0.6) is 0 Å². The van der Waals surface area contributed by atoms with Crippen LogP contribution in [0.3, 0.4) is 0 Å². The molecule has 0 N–H and O–H groups in total. The van der Waals surface area contributed by atoms with Crippen LogP contribution in [0.1, 0.15) is 66.2 Å². The lowest BCUT2D eigenvalue weighted by atomic mass is 9.96. The minimum Gasteiger partial charge on any atom is -0.490 e. The van der Waals surface area contributed by atoms with Crippen molar-refractivity contribution in [2.45, 2.75) is 71.8 Å². The van der Waals surface area contributed by atoms with Crippen molar-refractivity contribution in [2.24, 2.45) is 0 Å². The van der Waals surface area contributed by atoms with Crippen LogP contribution in [-0.4, -0.2) is 31.2 Å². The summed E-state index contributed by atoms with van der Waals surface area (Å²) in [5.74, 6) is 0.534. The summed E-state index contributed by atoms with van der Waals surface area (Å²) in [4.78, 5) is 12.5. The van der Waals surface area contributed by atoms with Crippen LogP contribution < -0.4 is 0 Å². The van der Waals surface area contributed by atoms with Crippen LogP contribution in [0.2, 0.25) is 0 Å². The van der Waals surface area contributed by atoms with Crippen molar-refractivity contribution in [3.05, 3.63) is 23.7 Å². The van der Waals surface area contributed by atoms with Gasteiger partial charge in [-0.15, -0.1) is 0 Å². The van der Waals surface area contributed by atoms with Gasteiger partial charge in [-0.25, -0.2) is 0 Å². The van der Waals surface area contributed by atoms with Gasteiger partial charge >= 0.3 is 0 Å². The second-order valence-corrected chi connectivity index (χ2v) is 6.14. The molecule has 0 saturated heterocycles. The molecule has 0 unspecified atom stereocenters. The molecule has 132 valence electrons. The van der Waals surface area contributed by atoms with Crippen LogP contribution in [0.4, 0.5) is 0 Å². The standard InChI is InChI=1S/C19H32O4/c1-5-8-11-21-16-14-19(4,23-13-10-7-3)15-17(18(16)20)22-12-9-6-2/h14-15H,5-13H2,1-4H3. The van der Waals surface area contributed by atoms with E-state index in [0.717, 1.165) is 38.5 Å².